The molecule has 0 spiro atoms. The van der Waals surface area contributed by atoms with Crippen LogP contribution in [0.3, 0.4) is 0 Å². The largest absolute Gasteiger partial charge is 0.310 e. The molecular weight excluding hydrogens is 170 g/mol. The van der Waals surface area contributed by atoms with E-state index >= 15 is 0 Å². The van der Waals surface area contributed by atoms with Crippen molar-refractivity contribution >= 4 is 0 Å². The molecule has 0 saturated heterocycles. The summed E-state index contributed by atoms with van der Waals surface area (Å²) in [6.07, 6.45) is 5.18. The lowest BCUT2D eigenvalue weighted by atomic mass is 10.1. The van der Waals surface area contributed by atoms with Crippen molar-refractivity contribution in [2.45, 2.75) is 45.2 Å². The van der Waals surface area contributed by atoms with Crippen molar-refractivity contribution in [3.8, 4) is 0 Å². The molecule has 1 aliphatic rings. The average molecular weight is 189 g/mol. The van der Waals surface area contributed by atoms with Crippen LogP contribution in [0.25, 0.3) is 0 Å². The van der Waals surface area contributed by atoms with Crippen LogP contribution in [0.2, 0.25) is 0 Å². The molecular formula is C13H19N. The number of aryl methyl sites for hydroxylation is 1. The summed E-state index contributed by atoms with van der Waals surface area (Å²) in [5.41, 5.74) is 2.91. The zero-order valence-corrected chi connectivity index (χ0v) is 8.92. The van der Waals surface area contributed by atoms with Gasteiger partial charge in [0.15, 0.2) is 0 Å². The lowest BCUT2D eigenvalue weighted by molar-refractivity contribution is 0.687. The SMILES string of the molecule is CCCc1cccc(CNC2CC2)c1. The summed E-state index contributed by atoms with van der Waals surface area (Å²) in [7, 11) is 0. The number of hydrogen-bond donors (Lipinski definition) is 1. The van der Waals surface area contributed by atoms with Crippen LogP contribution in [0.5, 0.6) is 0 Å². The van der Waals surface area contributed by atoms with Crippen LogP contribution in [0.4, 0.5) is 0 Å². The molecule has 1 aliphatic carbocycles. The molecule has 0 bridgehead atoms. The van der Waals surface area contributed by atoms with E-state index in [4.69, 9.17) is 0 Å². The van der Waals surface area contributed by atoms with Crippen molar-refractivity contribution < 1.29 is 0 Å². The first-order chi connectivity index (χ1) is 6.88. The van der Waals surface area contributed by atoms with Gasteiger partial charge in [-0.2, -0.15) is 0 Å². The second-order valence-corrected chi connectivity index (χ2v) is 4.23. The minimum absolute atomic E-state index is 0.810. The highest BCUT2D eigenvalue weighted by atomic mass is 14.9. The Kier molecular flexibility index (Phi) is 3.20. The van der Waals surface area contributed by atoms with E-state index in [-0.39, 0.29) is 0 Å². The molecule has 0 aromatic heterocycles. The minimum atomic E-state index is 0.810. The van der Waals surface area contributed by atoms with E-state index < -0.39 is 0 Å². The van der Waals surface area contributed by atoms with Gasteiger partial charge >= 0.3 is 0 Å². The van der Waals surface area contributed by atoms with Crippen LogP contribution in [0, 0.1) is 0 Å². The molecule has 1 aromatic carbocycles. The molecule has 2 rings (SSSR count). The predicted molar refractivity (Wildman–Crippen MR) is 60.3 cm³/mol. The minimum Gasteiger partial charge on any atom is -0.310 e. The molecule has 0 unspecified atom stereocenters. The third kappa shape index (κ3) is 2.85. The van der Waals surface area contributed by atoms with Gasteiger partial charge in [-0.1, -0.05) is 37.6 Å². The van der Waals surface area contributed by atoms with E-state index in [1.807, 2.05) is 0 Å². The zero-order chi connectivity index (χ0) is 9.80. The topological polar surface area (TPSA) is 12.0 Å². The fourth-order valence-corrected chi connectivity index (χ4v) is 1.73. The fraction of sp³-hybridized carbons (Fsp3) is 0.538. The Morgan fingerprint density at radius 3 is 2.79 bits per heavy atom. The third-order valence-electron chi connectivity index (χ3n) is 2.70. The highest BCUT2D eigenvalue weighted by molar-refractivity contribution is 5.23. The highest BCUT2D eigenvalue weighted by Gasteiger charge is 2.19. The van der Waals surface area contributed by atoms with Crippen molar-refractivity contribution in [2.75, 3.05) is 0 Å². The van der Waals surface area contributed by atoms with Gasteiger partial charge in [0.1, 0.15) is 0 Å². The van der Waals surface area contributed by atoms with E-state index in [0.29, 0.717) is 0 Å². The van der Waals surface area contributed by atoms with Crippen molar-refractivity contribution in [3.05, 3.63) is 35.4 Å². The molecule has 1 saturated carbocycles. The first-order valence-electron chi connectivity index (χ1n) is 5.69. The van der Waals surface area contributed by atoms with Crippen LogP contribution in [-0.4, -0.2) is 6.04 Å². The summed E-state index contributed by atoms with van der Waals surface area (Å²) in [6.45, 7) is 3.28. The standard InChI is InChI=1S/C13H19N/c1-2-4-11-5-3-6-12(9-11)10-14-13-7-8-13/h3,5-6,9,13-14H,2,4,7-8,10H2,1H3. The number of nitrogens with one attached hydrogen (secondary N) is 1. The Morgan fingerprint density at radius 1 is 1.29 bits per heavy atom. The van der Waals surface area contributed by atoms with E-state index in [1.54, 1.807) is 0 Å². The van der Waals surface area contributed by atoms with Gasteiger partial charge in [0, 0.05) is 12.6 Å². The number of rotatable bonds is 5. The van der Waals surface area contributed by atoms with Gasteiger partial charge in [0.05, 0.1) is 0 Å². The van der Waals surface area contributed by atoms with Gasteiger partial charge in [-0.3, -0.25) is 0 Å². The zero-order valence-electron chi connectivity index (χ0n) is 8.92. The van der Waals surface area contributed by atoms with Gasteiger partial charge < -0.3 is 5.32 Å². The van der Waals surface area contributed by atoms with Crippen LogP contribution in [-0.2, 0) is 13.0 Å². The average Bonchev–Trinajstić information content (AvgIpc) is 2.99. The molecule has 0 radical (unpaired) electrons. The van der Waals surface area contributed by atoms with Crippen LogP contribution < -0.4 is 5.32 Å². The first kappa shape index (κ1) is 9.72. The number of benzene rings is 1. The quantitative estimate of drug-likeness (QED) is 0.751. The maximum absolute atomic E-state index is 3.54. The highest BCUT2D eigenvalue weighted by Crippen LogP contribution is 2.19. The lowest BCUT2D eigenvalue weighted by Gasteiger charge is -2.05. The normalized spacial score (nSPS) is 15.8. The molecule has 0 amide bonds. The van der Waals surface area contributed by atoms with Crippen LogP contribution >= 0.6 is 0 Å². The van der Waals surface area contributed by atoms with Crippen molar-refractivity contribution in [1.29, 1.82) is 0 Å². The predicted octanol–water partition coefficient (Wildman–Crippen LogP) is 2.89. The van der Waals surface area contributed by atoms with E-state index in [9.17, 15) is 0 Å². The summed E-state index contributed by atoms with van der Waals surface area (Å²) in [5.74, 6) is 0. The summed E-state index contributed by atoms with van der Waals surface area (Å²) in [5, 5.41) is 3.54. The van der Waals surface area contributed by atoms with Crippen LogP contribution in [0.15, 0.2) is 24.3 Å². The first-order valence-corrected chi connectivity index (χ1v) is 5.69. The summed E-state index contributed by atoms with van der Waals surface area (Å²) in [4.78, 5) is 0. The Labute approximate surface area is 86.5 Å². The Bertz CT molecular complexity index is 289. The van der Waals surface area contributed by atoms with Crippen molar-refractivity contribution in [3.63, 3.8) is 0 Å². The molecule has 1 N–H and O–H groups in total. The van der Waals surface area contributed by atoms with Gasteiger partial charge in [-0.05, 0) is 30.4 Å². The third-order valence-corrected chi connectivity index (χ3v) is 2.70. The number of hydrogen-bond acceptors (Lipinski definition) is 1. The van der Waals surface area contributed by atoms with Crippen molar-refractivity contribution in [2.24, 2.45) is 0 Å². The van der Waals surface area contributed by atoms with Crippen molar-refractivity contribution in [1.82, 2.24) is 5.32 Å². The fourth-order valence-electron chi connectivity index (χ4n) is 1.73. The molecule has 76 valence electrons. The molecule has 0 heterocycles. The van der Waals surface area contributed by atoms with E-state index in [2.05, 4.69) is 36.5 Å². The molecule has 1 heteroatoms. The molecule has 14 heavy (non-hydrogen) atoms. The molecule has 1 fully saturated rings. The molecule has 1 aromatic rings. The summed E-state index contributed by atoms with van der Waals surface area (Å²) < 4.78 is 0. The maximum atomic E-state index is 3.54. The molecule has 1 nitrogen and oxygen atoms in total. The monoisotopic (exact) mass is 189 g/mol. The van der Waals surface area contributed by atoms with Gasteiger partial charge in [-0.25, -0.2) is 0 Å². The maximum Gasteiger partial charge on any atom is 0.0208 e. The second kappa shape index (κ2) is 4.61. The lowest BCUT2D eigenvalue weighted by Crippen LogP contribution is -2.15. The van der Waals surface area contributed by atoms with Crippen LogP contribution in [0.1, 0.15) is 37.3 Å². The van der Waals surface area contributed by atoms with Gasteiger partial charge in [-0.15, -0.1) is 0 Å². The van der Waals surface area contributed by atoms with E-state index in [0.717, 1.165) is 12.6 Å². The second-order valence-electron chi connectivity index (χ2n) is 4.23. The Morgan fingerprint density at radius 2 is 2.07 bits per heavy atom. The van der Waals surface area contributed by atoms with Gasteiger partial charge in [0.2, 0.25) is 0 Å². The molecule has 0 atom stereocenters. The summed E-state index contributed by atoms with van der Waals surface area (Å²) in [6, 6.07) is 9.76. The molecule has 0 aliphatic heterocycles. The Balaban J connectivity index is 1.90. The summed E-state index contributed by atoms with van der Waals surface area (Å²) >= 11 is 0. The smallest absolute Gasteiger partial charge is 0.0208 e. The van der Waals surface area contributed by atoms with E-state index in [1.165, 1.54) is 36.8 Å². The Hall–Kier alpha value is -0.820. The van der Waals surface area contributed by atoms with Gasteiger partial charge in [0.25, 0.3) is 0 Å².